The lowest BCUT2D eigenvalue weighted by Crippen LogP contribution is -2.35. The third-order valence-corrected chi connectivity index (χ3v) is 4.51. The molecule has 1 aromatic heterocycles. The standard InChI is InChI=1S/C12H21N3S2/c1-12(2,3)13-8-10-9-17-11(14-10)15-4-6-16-7-5-15/h9,13H,4-8H2,1-3H3. The maximum atomic E-state index is 4.71. The third kappa shape index (κ3) is 4.16. The first-order valence-electron chi connectivity index (χ1n) is 6.07. The first kappa shape index (κ1) is 13.2. The van der Waals surface area contributed by atoms with Crippen LogP contribution >= 0.6 is 23.1 Å². The van der Waals surface area contributed by atoms with Crippen molar-refractivity contribution in [1.29, 1.82) is 0 Å². The van der Waals surface area contributed by atoms with E-state index in [9.17, 15) is 0 Å². The fourth-order valence-electron chi connectivity index (χ4n) is 1.63. The van der Waals surface area contributed by atoms with Gasteiger partial charge in [-0.1, -0.05) is 0 Å². The van der Waals surface area contributed by atoms with Crippen LogP contribution in [0.15, 0.2) is 5.38 Å². The molecule has 2 heterocycles. The zero-order valence-corrected chi connectivity index (χ0v) is 12.5. The number of thioether (sulfide) groups is 1. The highest BCUT2D eigenvalue weighted by molar-refractivity contribution is 7.99. The summed E-state index contributed by atoms with van der Waals surface area (Å²) in [5, 5.41) is 6.84. The molecule has 0 spiro atoms. The molecule has 3 nitrogen and oxygen atoms in total. The Bertz CT molecular complexity index is 351. The fraction of sp³-hybridized carbons (Fsp3) is 0.750. The number of aromatic nitrogens is 1. The summed E-state index contributed by atoms with van der Waals surface area (Å²) in [4.78, 5) is 7.11. The molecule has 1 fully saturated rings. The van der Waals surface area contributed by atoms with Gasteiger partial charge in [-0.05, 0) is 20.8 Å². The van der Waals surface area contributed by atoms with Gasteiger partial charge in [-0.25, -0.2) is 4.98 Å². The Balaban J connectivity index is 1.91. The van der Waals surface area contributed by atoms with Crippen molar-refractivity contribution in [2.75, 3.05) is 29.5 Å². The van der Waals surface area contributed by atoms with Crippen LogP contribution in [0.4, 0.5) is 5.13 Å². The van der Waals surface area contributed by atoms with Crippen molar-refractivity contribution < 1.29 is 0 Å². The first-order valence-corrected chi connectivity index (χ1v) is 8.10. The topological polar surface area (TPSA) is 28.2 Å². The van der Waals surface area contributed by atoms with Crippen LogP contribution in [0.25, 0.3) is 0 Å². The van der Waals surface area contributed by atoms with Crippen molar-refractivity contribution in [2.45, 2.75) is 32.9 Å². The zero-order valence-electron chi connectivity index (χ0n) is 10.8. The molecule has 96 valence electrons. The van der Waals surface area contributed by atoms with Crippen LogP contribution in [0.5, 0.6) is 0 Å². The maximum absolute atomic E-state index is 4.71. The van der Waals surface area contributed by atoms with E-state index in [2.05, 4.69) is 36.4 Å². The highest BCUT2D eigenvalue weighted by Crippen LogP contribution is 2.23. The molecule has 1 saturated heterocycles. The molecule has 2 rings (SSSR count). The Labute approximate surface area is 112 Å². The average molecular weight is 271 g/mol. The van der Waals surface area contributed by atoms with Gasteiger partial charge in [0.25, 0.3) is 0 Å². The van der Waals surface area contributed by atoms with Gasteiger partial charge < -0.3 is 10.2 Å². The molecule has 0 aliphatic carbocycles. The molecule has 0 unspecified atom stereocenters. The number of nitrogens with zero attached hydrogens (tertiary/aromatic N) is 2. The van der Waals surface area contributed by atoms with Crippen molar-refractivity contribution in [2.24, 2.45) is 0 Å². The predicted octanol–water partition coefficient (Wildman–Crippen LogP) is 2.58. The molecule has 1 aromatic rings. The van der Waals surface area contributed by atoms with Crippen LogP contribution in [0.3, 0.4) is 0 Å². The number of hydrogen-bond acceptors (Lipinski definition) is 5. The predicted molar refractivity (Wildman–Crippen MR) is 78.2 cm³/mol. The summed E-state index contributed by atoms with van der Waals surface area (Å²) in [6.07, 6.45) is 0. The second-order valence-corrected chi connectivity index (χ2v) is 7.39. The molecule has 5 heteroatoms. The Morgan fingerprint density at radius 1 is 1.35 bits per heavy atom. The minimum absolute atomic E-state index is 0.158. The van der Waals surface area contributed by atoms with E-state index in [-0.39, 0.29) is 5.54 Å². The second kappa shape index (κ2) is 5.59. The van der Waals surface area contributed by atoms with Crippen molar-refractivity contribution >= 4 is 28.2 Å². The molecule has 1 aliphatic heterocycles. The van der Waals surface area contributed by atoms with E-state index in [4.69, 9.17) is 4.98 Å². The molecule has 0 atom stereocenters. The highest BCUT2D eigenvalue weighted by Gasteiger charge is 2.15. The van der Waals surface area contributed by atoms with E-state index in [0.717, 1.165) is 25.3 Å². The monoisotopic (exact) mass is 271 g/mol. The SMILES string of the molecule is CC(C)(C)NCc1csc(N2CCSCC2)n1. The van der Waals surface area contributed by atoms with Crippen LogP contribution in [0, 0.1) is 0 Å². The van der Waals surface area contributed by atoms with Gasteiger partial charge in [0, 0.05) is 42.1 Å². The van der Waals surface area contributed by atoms with Gasteiger partial charge in [-0.15, -0.1) is 11.3 Å². The number of anilines is 1. The Hall–Kier alpha value is -0.260. The fourth-order valence-corrected chi connectivity index (χ4v) is 3.42. The van der Waals surface area contributed by atoms with Crippen LogP contribution in [0.1, 0.15) is 26.5 Å². The van der Waals surface area contributed by atoms with Crippen LogP contribution in [0.2, 0.25) is 0 Å². The highest BCUT2D eigenvalue weighted by atomic mass is 32.2. The number of rotatable bonds is 3. The quantitative estimate of drug-likeness (QED) is 0.914. The van der Waals surface area contributed by atoms with E-state index >= 15 is 0 Å². The number of hydrogen-bond donors (Lipinski definition) is 1. The summed E-state index contributed by atoms with van der Waals surface area (Å²) in [5.74, 6) is 2.46. The van der Waals surface area contributed by atoms with E-state index in [1.165, 1.54) is 16.6 Å². The van der Waals surface area contributed by atoms with Crippen molar-refractivity contribution in [3.63, 3.8) is 0 Å². The first-order chi connectivity index (χ1) is 8.04. The van der Waals surface area contributed by atoms with Gasteiger partial charge in [0.1, 0.15) is 0 Å². The van der Waals surface area contributed by atoms with E-state index < -0.39 is 0 Å². The lowest BCUT2D eigenvalue weighted by Gasteiger charge is -2.25. The van der Waals surface area contributed by atoms with Crippen LogP contribution in [-0.4, -0.2) is 35.1 Å². The lowest BCUT2D eigenvalue weighted by atomic mass is 10.1. The van der Waals surface area contributed by atoms with Crippen LogP contribution < -0.4 is 10.2 Å². The minimum atomic E-state index is 0.158. The molecule has 1 N–H and O–H groups in total. The molecule has 0 radical (unpaired) electrons. The smallest absolute Gasteiger partial charge is 0.185 e. The van der Waals surface area contributed by atoms with Crippen LogP contribution in [-0.2, 0) is 6.54 Å². The summed E-state index contributed by atoms with van der Waals surface area (Å²) in [6, 6.07) is 0. The molecule has 0 amide bonds. The zero-order chi connectivity index (χ0) is 12.3. The third-order valence-electron chi connectivity index (χ3n) is 2.62. The molecule has 17 heavy (non-hydrogen) atoms. The number of nitrogens with one attached hydrogen (secondary N) is 1. The average Bonchev–Trinajstić information content (AvgIpc) is 2.75. The molecular weight excluding hydrogens is 250 g/mol. The summed E-state index contributed by atoms with van der Waals surface area (Å²) in [6.45, 7) is 9.70. The normalized spacial score (nSPS) is 17.5. The number of thiazole rings is 1. The van der Waals surface area contributed by atoms with E-state index in [1.54, 1.807) is 11.3 Å². The Kier molecular flexibility index (Phi) is 4.33. The summed E-state index contributed by atoms with van der Waals surface area (Å²) in [5.41, 5.74) is 1.32. The molecule has 0 aromatic carbocycles. The largest absolute Gasteiger partial charge is 0.346 e. The van der Waals surface area contributed by atoms with Gasteiger partial charge in [0.15, 0.2) is 5.13 Å². The second-order valence-electron chi connectivity index (χ2n) is 5.32. The van der Waals surface area contributed by atoms with Gasteiger partial charge in [-0.2, -0.15) is 11.8 Å². The van der Waals surface area contributed by atoms with E-state index in [1.807, 2.05) is 11.8 Å². The molecule has 1 aliphatic rings. The Morgan fingerprint density at radius 3 is 2.71 bits per heavy atom. The molecule has 0 bridgehead atoms. The summed E-state index contributed by atoms with van der Waals surface area (Å²) in [7, 11) is 0. The van der Waals surface area contributed by atoms with E-state index in [0.29, 0.717) is 0 Å². The minimum Gasteiger partial charge on any atom is -0.346 e. The maximum Gasteiger partial charge on any atom is 0.185 e. The van der Waals surface area contributed by atoms with Crippen molar-refractivity contribution in [3.8, 4) is 0 Å². The van der Waals surface area contributed by atoms with Gasteiger partial charge in [-0.3, -0.25) is 0 Å². The summed E-state index contributed by atoms with van der Waals surface area (Å²) >= 11 is 3.81. The Morgan fingerprint density at radius 2 is 2.06 bits per heavy atom. The van der Waals surface area contributed by atoms with Crippen molar-refractivity contribution in [1.82, 2.24) is 10.3 Å². The lowest BCUT2D eigenvalue weighted by molar-refractivity contribution is 0.422. The summed E-state index contributed by atoms with van der Waals surface area (Å²) < 4.78 is 0. The van der Waals surface area contributed by atoms with Crippen molar-refractivity contribution in [3.05, 3.63) is 11.1 Å². The molecule has 0 saturated carbocycles. The van der Waals surface area contributed by atoms with Gasteiger partial charge in [0.2, 0.25) is 0 Å². The van der Waals surface area contributed by atoms with Gasteiger partial charge >= 0.3 is 0 Å². The molecular formula is C12H21N3S2. The van der Waals surface area contributed by atoms with Gasteiger partial charge in [0.05, 0.1) is 5.69 Å².